The van der Waals surface area contributed by atoms with Crippen LogP contribution in [0.15, 0.2) is 24.3 Å². The van der Waals surface area contributed by atoms with E-state index in [0.29, 0.717) is 23.5 Å². The summed E-state index contributed by atoms with van der Waals surface area (Å²) in [5.41, 5.74) is -0.0235. The highest BCUT2D eigenvalue weighted by Crippen LogP contribution is 2.29. The molecule has 3 amide bonds. The molecule has 0 saturated carbocycles. The molecule has 3 unspecified atom stereocenters. The summed E-state index contributed by atoms with van der Waals surface area (Å²) >= 11 is 0. The highest BCUT2D eigenvalue weighted by atomic mass is 16.6. The van der Waals surface area contributed by atoms with Crippen LogP contribution in [0.5, 0.6) is 0 Å². The summed E-state index contributed by atoms with van der Waals surface area (Å²) in [7, 11) is 0. The minimum Gasteiger partial charge on any atom is -0.466 e. The van der Waals surface area contributed by atoms with Crippen LogP contribution in [0.2, 0.25) is 0 Å². The third-order valence-electron chi connectivity index (χ3n) is 5.93. The van der Waals surface area contributed by atoms with Gasteiger partial charge in [0.25, 0.3) is 0 Å². The van der Waals surface area contributed by atoms with Crippen LogP contribution in [0.4, 0.5) is 4.79 Å². The molecule has 0 aliphatic heterocycles. The lowest BCUT2D eigenvalue weighted by Crippen LogP contribution is -2.57. The van der Waals surface area contributed by atoms with Crippen molar-refractivity contribution in [1.82, 2.24) is 15.5 Å². The number of aliphatic hydroxyl groups is 1. The van der Waals surface area contributed by atoms with Gasteiger partial charge in [-0.2, -0.15) is 0 Å². The van der Waals surface area contributed by atoms with Crippen molar-refractivity contribution < 1.29 is 33.8 Å². The van der Waals surface area contributed by atoms with Crippen LogP contribution in [0.25, 0.3) is 0 Å². The largest absolute Gasteiger partial charge is 0.466 e. The molecule has 222 valence electrons. The molecule has 0 bridgehead atoms. The molecule has 0 saturated heterocycles. The van der Waals surface area contributed by atoms with Gasteiger partial charge >= 0.3 is 12.1 Å². The van der Waals surface area contributed by atoms with Crippen molar-refractivity contribution in [3.05, 3.63) is 35.4 Å². The molecular weight excluding hydrogens is 514 g/mol. The molecule has 0 aromatic heterocycles. The summed E-state index contributed by atoms with van der Waals surface area (Å²) in [6.45, 7) is 12.1. The number of rotatable bonds is 14. The van der Waals surface area contributed by atoms with Crippen molar-refractivity contribution in [2.45, 2.75) is 91.5 Å². The second-order valence-corrected chi connectivity index (χ2v) is 10.9. The van der Waals surface area contributed by atoms with Gasteiger partial charge < -0.3 is 30.1 Å². The number of carbonyl (C=O) groups excluding carboxylic acids is 4. The van der Waals surface area contributed by atoms with Gasteiger partial charge in [-0.3, -0.25) is 14.4 Å². The normalized spacial score (nSPS) is 13.4. The monoisotopic (exact) mass is 559 g/mol. The minimum absolute atomic E-state index is 0.0195. The number of aliphatic hydroxyl groups excluding tert-OH is 1. The zero-order chi connectivity index (χ0) is 30.5. The summed E-state index contributed by atoms with van der Waals surface area (Å²) in [6.07, 6.45) is 6.12. The number of alkyl carbamates (subject to hydrolysis) is 1. The SMILES string of the molecule is C#Cc1ccccc1C(C(=O)NCCC(=O)OCC)N(C(=O)C(CO)NC(=O)OC(C)(C)C)C(C)CCC(C)C. The fourth-order valence-electron chi connectivity index (χ4n) is 4.03. The zero-order valence-corrected chi connectivity index (χ0v) is 24.8. The Morgan fingerprint density at radius 3 is 2.30 bits per heavy atom. The van der Waals surface area contributed by atoms with Gasteiger partial charge in [0.2, 0.25) is 11.8 Å². The molecule has 3 atom stereocenters. The lowest BCUT2D eigenvalue weighted by Gasteiger charge is -2.38. The molecule has 1 rings (SSSR count). The molecule has 40 heavy (non-hydrogen) atoms. The predicted molar refractivity (Wildman–Crippen MR) is 152 cm³/mol. The first-order valence-electron chi connectivity index (χ1n) is 13.7. The average molecular weight is 560 g/mol. The Balaban J connectivity index is 3.55. The molecule has 1 aromatic rings. The third-order valence-corrected chi connectivity index (χ3v) is 5.93. The van der Waals surface area contributed by atoms with Gasteiger partial charge in [0.1, 0.15) is 17.7 Å². The topological polar surface area (TPSA) is 134 Å². The van der Waals surface area contributed by atoms with E-state index in [2.05, 4.69) is 16.6 Å². The molecular formula is C30H45N3O7. The smallest absolute Gasteiger partial charge is 0.408 e. The summed E-state index contributed by atoms with van der Waals surface area (Å²) in [4.78, 5) is 53.5. The van der Waals surface area contributed by atoms with Crippen LogP contribution in [-0.4, -0.2) is 71.3 Å². The Morgan fingerprint density at radius 2 is 1.75 bits per heavy atom. The molecule has 10 nitrogen and oxygen atoms in total. The first-order chi connectivity index (χ1) is 18.7. The standard InChI is InChI=1S/C30H45N3O7/c1-9-22-13-11-12-14-23(22)26(27(36)31-18-17-25(35)39-10-2)33(21(5)16-15-20(3)4)28(37)24(19-34)32-29(38)40-30(6,7)8/h1,11-14,20-21,24,26,34H,10,15-19H2,2-8H3,(H,31,36)(H,32,38). The van der Waals surface area contributed by atoms with Crippen molar-refractivity contribution in [3.8, 4) is 12.3 Å². The number of benzene rings is 1. The van der Waals surface area contributed by atoms with Crippen LogP contribution in [0.3, 0.4) is 0 Å². The molecule has 0 fully saturated rings. The van der Waals surface area contributed by atoms with E-state index in [-0.39, 0.29) is 19.6 Å². The number of ether oxygens (including phenoxy) is 2. The number of hydrogen-bond acceptors (Lipinski definition) is 7. The van der Waals surface area contributed by atoms with E-state index in [1.54, 1.807) is 58.9 Å². The second kappa shape index (κ2) is 16.5. The van der Waals surface area contributed by atoms with Crippen molar-refractivity contribution >= 4 is 23.9 Å². The number of amides is 3. The van der Waals surface area contributed by atoms with Crippen molar-refractivity contribution in [2.24, 2.45) is 5.92 Å². The van der Waals surface area contributed by atoms with Gasteiger partial charge in [0.05, 0.1) is 19.6 Å². The Hall–Kier alpha value is -3.58. The fraction of sp³-hybridized carbons (Fsp3) is 0.600. The molecule has 0 heterocycles. The fourth-order valence-corrected chi connectivity index (χ4v) is 4.03. The van der Waals surface area contributed by atoms with Gasteiger partial charge in [0, 0.05) is 18.2 Å². The lowest BCUT2D eigenvalue weighted by atomic mass is 9.94. The van der Waals surface area contributed by atoms with E-state index in [9.17, 15) is 24.3 Å². The minimum atomic E-state index is -1.39. The van der Waals surface area contributed by atoms with Crippen LogP contribution in [0, 0.1) is 18.3 Å². The van der Waals surface area contributed by atoms with Gasteiger partial charge in [-0.05, 0) is 65.0 Å². The molecule has 0 radical (unpaired) electrons. The number of esters is 1. The summed E-state index contributed by atoms with van der Waals surface area (Å²) in [5, 5.41) is 15.3. The maximum atomic E-state index is 14.0. The van der Waals surface area contributed by atoms with Crippen LogP contribution in [0.1, 0.15) is 84.9 Å². The zero-order valence-electron chi connectivity index (χ0n) is 24.8. The molecule has 0 aliphatic carbocycles. The maximum Gasteiger partial charge on any atom is 0.408 e. The van der Waals surface area contributed by atoms with Crippen molar-refractivity contribution in [1.29, 1.82) is 0 Å². The number of nitrogens with zero attached hydrogens (tertiary/aromatic N) is 1. The molecule has 0 spiro atoms. The van der Waals surface area contributed by atoms with E-state index >= 15 is 0 Å². The van der Waals surface area contributed by atoms with Crippen LogP contribution < -0.4 is 10.6 Å². The van der Waals surface area contributed by atoms with E-state index < -0.39 is 54.2 Å². The van der Waals surface area contributed by atoms with Crippen LogP contribution in [-0.2, 0) is 23.9 Å². The third kappa shape index (κ3) is 11.3. The van der Waals surface area contributed by atoms with Gasteiger partial charge in [-0.25, -0.2) is 4.79 Å². The summed E-state index contributed by atoms with van der Waals surface area (Å²) < 4.78 is 10.2. The van der Waals surface area contributed by atoms with Crippen molar-refractivity contribution in [3.63, 3.8) is 0 Å². The highest BCUT2D eigenvalue weighted by Gasteiger charge is 2.39. The van der Waals surface area contributed by atoms with Gasteiger partial charge in [0.15, 0.2) is 0 Å². The molecule has 3 N–H and O–H groups in total. The predicted octanol–water partition coefficient (Wildman–Crippen LogP) is 3.32. The number of carbonyl (C=O) groups is 4. The quantitative estimate of drug-likeness (QED) is 0.235. The number of nitrogens with one attached hydrogen (secondary N) is 2. The van der Waals surface area contributed by atoms with Crippen molar-refractivity contribution in [2.75, 3.05) is 19.8 Å². The van der Waals surface area contributed by atoms with E-state index in [4.69, 9.17) is 15.9 Å². The summed E-state index contributed by atoms with van der Waals surface area (Å²) in [6, 6.07) is 3.68. The molecule has 1 aromatic carbocycles. The Labute approximate surface area is 238 Å². The van der Waals surface area contributed by atoms with Gasteiger partial charge in [-0.15, -0.1) is 6.42 Å². The van der Waals surface area contributed by atoms with E-state index in [0.717, 1.165) is 6.42 Å². The average Bonchev–Trinajstić information content (AvgIpc) is 2.87. The highest BCUT2D eigenvalue weighted by molar-refractivity contribution is 5.93. The van der Waals surface area contributed by atoms with E-state index in [1.165, 1.54) is 4.90 Å². The maximum absolute atomic E-state index is 14.0. The summed E-state index contributed by atoms with van der Waals surface area (Å²) in [5.74, 6) is 1.19. The lowest BCUT2D eigenvalue weighted by molar-refractivity contribution is -0.146. The number of hydrogen-bond donors (Lipinski definition) is 3. The van der Waals surface area contributed by atoms with E-state index in [1.807, 2.05) is 13.8 Å². The Bertz CT molecular complexity index is 1040. The first kappa shape index (κ1) is 34.4. The Kier molecular flexibility index (Phi) is 14.2. The molecule has 10 heteroatoms. The Morgan fingerprint density at radius 1 is 1.10 bits per heavy atom. The van der Waals surface area contributed by atoms with Crippen LogP contribution >= 0.6 is 0 Å². The first-order valence-corrected chi connectivity index (χ1v) is 13.7. The van der Waals surface area contributed by atoms with Gasteiger partial charge in [-0.1, -0.05) is 38.0 Å². The second-order valence-electron chi connectivity index (χ2n) is 10.9. The molecule has 0 aliphatic rings. The number of terminal acetylenes is 1.